The second-order valence-electron chi connectivity index (χ2n) is 7.09. The van der Waals surface area contributed by atoms with E-state index in [2.05, 4.69) is 48.2 Å². The molecule has 1 N–H and O–H groups in total. The molecule has 1 aromatic rings. The highest BCUT2D eigenvalue weighted by molar-refractivity contribution is 5.09. The summed E-state index contributed by atoms with van der Waals surface area (Å²) >= 11 is 0. The molecule has 0 bridgehead atoms. The Hall–Kier alpha value is -0.930. The van der Waals surface area contributed by atoms with Gasteiger partial charge < -0.3 is 10.2 Å². The molecule has 1 aliphatic carbocycles. The summed E-state index contributed by atoms with van der Waals surface area (Å²) in [7, 11) is 2.27. The number of rotatable bonds is 8. The van der Waals surface area contributed by atoms with Crippen LogP contribution < -0.4 is 5.32 Å². The van der Waals surface area contributed by atoms with Crippen LogP contribution in [0.5, 0.6) is 0 Å². The van der Waals surface area contributed by atoms with E-state index in [0.717, 1.165) is 13.0 Å². The van der Waals surface area contributed by atoms with Gasteiger partial charge in [0.2, 0.25) is 0 Å². The standard InChI is InChI=1S/C18H31N3/c1-16(2)20-14-18(9-4-5-10-18)15-21(3)13-8-17-6-11-19-12-7-17/h6-7,11-12,16,20H,4-5,8-10,13-15H2,1-3H3. The Kier molecular flexibility index (Phi) is 6.19. The average Bonchev–Trinajstić information content (AvgIpc) is 2.93. The van der Waals surface area contributed by atoms with Crippen LogP contribution in [0.15, 0.2) is 24.5 Å². The molecule has 2 rings (SSSR count). The summed E-state index contributed by atoms with van der Waals surface area (Å²) < 4.78 is 0. The van der Waals surface area contributed by atoms with Crippen molar-refractivity contribution in [2.45, 2.75) is 52.0 Å². The first-order chi connectivity index (χ1) is 10.1. The first kappa shape index (κ1) is 16.4. The Balaban J connectivity index is 1.82. The lowest BCUT2D eigenvalue weighted by Crippen LogP contribution is -2.43. The number of aromatic nitrogens is 1. The smallest absolute Gasteiger partial charge is 0.0270 e. The fourth-order valence-corrected chi connectivity index (χ4v) is 3.46. The Morgan fingerprint density at radius 2 is 1.90 bits per heavy atom. The van der Waals surface area contributed by atoms with Gasteiger partial charge in [-0.15, -0.1) is 0 Å². The molecule has 21 heavy (non-hydrogen) atoms. The number of likely N-dealkylation sites (N-methyl/N-ethyl adjacent to an activating group) is 1. The van der Waals surface area contributed by atoms with Crippen LogP contribution in [0.2, 0.25) is 0 Å². The van der Waals surface area contributed by atoms with Gasteiger partial charge in [-0.05, 0) is 49.4 Å². The van der Waals surface area contributed by atoms with Gasteiger partial charge in [-0.2, -0.15) is 0 Å². The maximum atomic E-state index is 4.09. The van der Waals surface area contributed by atoms with Gasteiger partial charge in [-0.3, -0.25) is 4.98 Å². The fraction of sp³-hybridized carbons (Fsp3) is 0.722. The van der Waals surface area contributed by atoms with Crippen molar-refractivity contribution >= 4 is 0 Å². The molecular formula is C18H31N3. The number of hydrogen-bond donors (Lipinski definition) is 1. The zero-order valence-corrected chi connectivity index (χ0v) is 13.9. The van der Waals surface area contributed by atoms with Crippen molar-refractivity contribution in [3.63, 3.8) is 0 Å². The third-order valence-corrected chi connectivity index (χ3v) is 4.69. The molecule has 118 valence electrons. The van der Waals surface area contributed by atoms with Crippen LogP contribution in [0.3, 0.4) is 0 Å². The van der Waals surface area contributed by atoms with Crippen molar-refractivity contribution in [1.82, 2.24) is 15.2 Å². The van der Waals surface area contributed by atoms with E-state index in [1.54, 1.807) is 0 Å². The van der Waals surface area contributed by atoms with Gasteiger partial charge >= 0.3 is 0 Å². The zero-order valence-electron chi connectivity index (χ0n) is 13.9. The molecule has 0 amide bonds. The molecule has 0 aromatic carbocycles. The van der Waals surface area contributed by atoms with Crippen LogP contribution in [0.4, 0.5) is 0 Å². The quantitative estimate of drug-likeness (QED) is 0.797. The normalized spacial score (nSPS) is 17.8. The molecule has 0 aliphatic heterocycles. The van der Waals surface area contributed by atoms with E-state index in [1.165, 1.54) is 44.3 Å². The fourth-order valence-electron chi connectivity index (χ4n) is 3.46. The highest BCUT2D eigenvalue weighted by Crippen LogP contribution is 2.38. The van der Waals surface area contributed by atoms with Gasteiger partial charge in [-0.1, -0.05) is 26.7 Å². The summed E-state index contributed by atoms with van der Waals surface area (Å²) in [5, 5.41) is 3.67. The van der Waals surface area contributed by atoms with Crippen molar-refractivity contribution in [2.24, 2.45) is 5.41 Å². The molecule has 3 nitrogen and oxygen atoms in total. The average molecular weight is 289 g/mol. The molecule has 1 fully saturated rings. The molecule has 0 saturated heterocycles. The maximum Gasteiger partial charge on any atom is 0.0270 e. The molecule has 3 heteroatoms. The monoisotopic (exact) mass is 289 g/mol. The third kappa shape index (κ3) is 5.40. The lowest BCUT2D eigenvalue weighted by atomic mass is 9.85. The number of hydrogen-bond acceptors (Lipinski definition) is 3. The second-order valence-corrected chi connectivity index (χ2v) is 7.09. The van der Waals surface area contributed by atoms with Crippen LogP contribution in [-0.2, 0) is 6.42 Å². The minimum absolute atomic E-state index is 0.497. The van der Waals surface area contributed by atoms with Gasteiger partial charge in [0.25, 0.3) is 0 Å². The molecule has 0 radical (unpaired) electrons. The van der Waals surface area contributed by atoms with E-state index < -0.39 is 0 Å². The summed E-state index contributed by atoms with van der Waals surface area (Å²) in [6, 6.07) is 4.84. The number of pyridine rings is 1. The Morgan fingerprint density at radius 3 is 2.52 bits per heavy atom. The van der Waals surface area contributed by atoms with E-state index in [4.69, 9.17) is 0 Å². The summed E-state index contributed by atoms with van der Waals surface area (Å²) in [5.74, 6) is 0. The molecule has 1 heterocycles. The first-order valence-corrected chi connectivity index (χ1v) is 8.40. The molecule has 0 unspecified atom stereocenters. The summed E-state index contributed by atoms with van der Waals surface area (Å²) in [6.45, 7) is 8.01. The minimum Gasteiger partial charge on any atom is -0.314 e. The predicted octanol–water partition coefficient (Wildman–Crippen LogP) is 3.11. The highest BCUT2D eigenvalue weighted by Gasteiger charge is 2.34. The summed E-state index contributed by atoms with van der Waals surface area (Å²) in [4.78, 5) is 6.61. The topological polar surface area (TPSA) is 28.2 Å². The molecular weight excluding hydrogens is 258 g/mol. The van der Waals surface area contributed by atoms with E-state index >= 15 is 0 Å². The van der Waals surface area contributed by atoms with Gasteiger partial charge in [0.1, 0.15) is 0 Å². The Labute approximate surface area is 130 Å². The second kappa shape index (κ2) is 7.90. The van der Waals surface area contributed by atoms with E-state index in [0.29, 0.717) is 11.5 Å². The van der Waals surface area contributed by atoms with Crippen molar-refractivity contribution in [2.75, 3.05) is 26.7 Å². The lowest BCUT2D eigenvalue weighted by molar-refractivity contribution is 0.170. The van der Waals surface area contributed by atoms with Crippen LogP contribution in [-0.4, -0.2) is 42.6 Å². The molecule has 1 aromatic heterocycles. The molecule has 1 aliphatic rings. The first-order valence-electron chi connectivity index (χ1n) is 8.40. The van der Waals surface area contributed by atoms with Gasteiger partial charge in [0.15, 0.2) is 0 Å². The van der Waals surface area contributed by atoms with Crippen LogP contribution in [0.25, 0.3) is 0 Å². The Bertz CT molecular complexity index is 396. The van der Waals surface area contributed by atoms with Crippen molar-refractivity contribution < 1.29 is 0 Å². The summed E-state index contributed by atoms with van der Waals surface area (Å²) in [5.41, 5.74) is 1.88. The van der Waals surface area contributed by atoms with Gasteiger partial charge in [0.05, 0.1) is 0 Å². The van der Waals surface area contributed by atoms with E-state index in [-0.39, 0.29) is 0 Å². The van der Waals surface area contributed by atoms with Crippen LogP contribution >= 0.6 is 0 Å². The van der Waals surface area contributed by atoms with Crippen molar-refractivity contribution in [1.29, 1.82) is 0 Å². The SMILES string of the molecule is CC(C)NCC1(CN(C)CCc2ccncc2)CCCC1. The Morgan fingerprint density at radius 1 is 1.24 bits per heavy atom. The predicted molar refractivity (Wildman–Crippen MR) is 89.5 cm³/mol. The minimum atomic E-state index is 0.497. The van der Waals surface area contributed by atoms with E-state index in [9.17, 15) is 0 Å². The molecule has 1 saturated carbocycles. The van der Waals surface area contributed by atoms with Gasteiger partial charge in [-0.25, -0.2) is 0 Å². The van der Waals surface area contributed by atoms with Crippen LogP contribution in [0.1, 0.15) is 45.1 Å². The summed E-state index contributed by atoms with van der Waals surface area (Å²) in [6.07, 6.45) is 10.5. The number of nitrogens with zero attached hydrogens (tertiary/aromatic N) is 2. The molecule has 0 spiro atoms. The third-order valence-electron chi connectivity index (χ3n) is 4.69. The van der Waals surface area contributed by atoms with E-state index in [1.807, 2.05) is 12.4 Å². The van der Waals surface area contributed by atoms with Crippen molar-refractivity contribution in [3.05, 3.63) is 30.1 Å². The van der Waals surface area contributed by atoms with Crippen LogP contribution in [0, 0.1) is 5.41 Å². The van der Waals surface area contributed by atoms with Crippen molar-refractivity contribution in [3.8, 4) is 0 Å². The molecule has 0 atom stereocenters. The van der Waals surface area contributed by atoms with Gasteiger partial charge in [0, 0.05) is 38.1 Å². The zero-order chi connectivity index (χ0) is 15.1. The number of nitrogens with one attached hydrogen (secondary N) is 1. The highest BCUT2D eigenvalue weighted by atomic mass is 15.1. The largest absolute Gasteiger partial charge is 0.314 e. The lowest BCUT2D eigenvalue weighted by Gasteiger charge is -2.34. The maximum absolute atomic E-state index is 4.09.